The maximum Gasteiger partial charge on any atom is 0.252 e. The highest BCUT2D eigenvalue weighted by Gasteiger charge is 2.35. The first kappa shape index (κ1) is 24.3. The Bertz CT molecular complexity index is 1450. The van der Waals surface area contributed by atoms with E-state index in [4.69, 9.17) is 16.6 Å². The van der Waals surface area contributed by atoms with Gasteiger partial charge in [0, 0.05) is 36.4 Å². The molecule has 0 unspecified atom stereocenters. The lowest BCUT2D eigenvalue weighted by Crippen LogP contribution is -2.44. The van der Waals surface area contributed by atoms with Crippen LogP contribution in [0.3, 0.4) is 0 Å². The number of fused-ring (bicyclic) bond motifs is 1. The number of hydrogen-bond acceptors (Lipinski definition) is 7. The van der Waals surface area contributed by atoms with Crippen molar-refractivity contribution in [2.24, 2.45) is 5.92 Å². The number of aryl methyl sites for hydroxylation is 1. The van der Waals surface area contributed by atoms with Crippen LogP contribution < -0.4 is 4.90 Å². The third-order valence-electron chi connectivity index (χ3n) is 6.09. The van der Waals surface area contributed by atoms with Crippen molar-refractivity contribution < 1.29 is 13.2 Å². The summed E-state index contributed by atoms with van der Waals surface area (Å²) in [5.74, 6) is -0.344. The van der Waals surface area contributed by atoms with Crippen LogP contribution >= 0.6 is 34.3 Å². The van der Waals surface area contributed by atoms with Gasteiger partial charge in [0.05, 0.1) is 16.8 Å². The van der Waals surface area contributed by atoms with E-state index >= 15 is 0 Å². The molecule has 1 aliphatic rings. The van der Waals surface area contributed by atoms with E-state index in [1.165, 1.54) is 27.0 Å². The molecule has 4 heterocycles. The van der Waals surface area contributed by atoms with Gasteiger partial charge in [-0.1, -0.05) is 35.1 Å². The van der Waals surface area contributed by atoms with E-state index in [0.717, 1.165) is 21.3 Å². The van der Waals surface area contributed by atoms with Gasteiger partial charge in [0.15, 0.2) is 5.13 Å². The van der Waals surface area contributed by atoms with Gasteiger partial charge in [0.2, 0.25) is 5.91 Å². The highest BCUT2D eigenvalue weighted by atomic mass is 35.5. The molecule has 182 valence electrons. The standard InChI is InChI=1S/C24H23ClN4O3S3/c1-16-12-19(25)13-20-22(16)27-24(34-20)29(15-17-4-2-8-26-14-17)23(30)18-6-9-28(10-7-18)35(31,32)21-5-3-11-33-21/h2-5,8,11-14,18H,6-7,9-10,15H2,1H3. The molecular weight excluding hydrogens is 524 g/mol. The molecule has 35 heavy (non-hydrogen) atoms. The molecule has 0 aliphatic carbocycles. The summed E-state index contributed by atoms with van der Waals surface area (Å²) in [6.07, 6.45) is 4.36. The molecule has 0 saturated carbocycles. The lowest BCUT2D eigenvalue weighted by Gasteiger charge is -2.32. The number of halogens is 1. The average molecular weight is 547 g/mol. The van der Waals surface area contributed by atoms with Crippen molar-refractivity contribution in [2.45, 2.75) is 30.5 Å². The maximum absolute atomic E-state index is 13.8. The third kappa shape index (κ3) is 4.99. The second kappa shape index (κ2) is 9.94. The third-order valence-corrected chi connectivity index (χ3v) is 10.6. The van der Waals surface area contributed by atoms with Crippen molar-refractivity contribution in [3.8, 4) is 0 Å². The number of carbonyl (C=O) groups excluding carboxylic acids is 1. The molecule has 11 heteroatoms. The summed E-state index contributed by atoms with van der Waals surface area (Å²) in [6.45, 7) is 2.92. The van der Waals surface area contributed by atoms with E-state index in [9.17, 15) is 13.2 Å². The minimum Gasteiger partial charge on any atom is -0.283 e. The normalized spacial score (nSPS) is 15.5. The van der Waals surface area contributed by atoms with Crippen molar-refractivity contribution in [3.05, 3.63) is 70.3 Å². The highest BCUT2D eigenvalue weighted by molar-refractivity contribution is 7.91. The number of aromatic nitrogens is 2. The molecule has 1 fully saturated rings. The predicted octanol–water partition coefficient (Wildman–Crippen LogP) is 5.35. The Morgan fingerprint density at radius 2 is 2.03 bits per heavy atom. The van der Waals surface area contributed by atoms with E-state index < -0.39 is 10.0 Å². The summed E-state index contributed by atoms with van der Waals surface area (Å²) in [5, 5.41) is 2.99. The zero-order valence-corrected chi connectivity index (χ0v) is 22.1. The second-order valence-electron chi connectivity index (χ2n) is 8.46. The number of nitrogens with zero attached hydrogens (tertiary/aromatic N) is 4. The lowest BCUT2D eigenvalue weighted by molar-refractivity contribution is -0.123. The molecule has 1 aromatic carbocycles. The van der Waals surface area contributed by atoms with Crippen molar-refractivity contribution in [3.63, 3.8) is 0 Å². The van der Waals surface area contributed by atoms with Crippen molar-refractivity contribution in [2.75, 3.05) is 18.0 Å². The van der Waals surface area contributed by atoms with Gasteiger partial charge in [0.25, 0.3) is 10.0 Å². The average Bonchev–Trinajstić information content (AvgIpc) is 3.54. The van der Waals surface area contributed by atoms with E-state index in [1.54, 1.807) is 34.8 Å². The van der Waals surface area contributed by atoms with Crippen molar-refractivity contribution in [1.29, 1.82) is 0 Å². The van der Waals surface area contributed by atoms with Crippen LogP contribution in [0.1, 0.15) is 24.0 Å². The second-order valence-corrected chi connectivity index (χ2v) is 13.0. The molecule has 5 rings (SSSR count). The first-order chi connectivity index (χ1) is 16.8. The summed E-state index contributed by atoms with van der Waals surface area (Å²) < 4.78 is 28.5. The molecule has 7 nitrogen and oxygen atoms in total. The SMILES string of the molecule is Cc1cc(Cl)cc2sc(N(Cc3cccnc3)C(=O)C3CCN(S(=O)(=O)c4cccs4)CC3)nc12. The van der Waals surface area contributed by atoms with Crippen molar-refractivity contribution in [1.82, 2.24) is 14.3 Å². The number of rotatable bonds is 6. The van der Waals surface area contributed by atoms with Gasteiger partial charge >= 0.3 is 0 Å². The van der Waals surface area contributed by atoms with E-state index in [1.807, 2.05) is 31.2 Å². The fourth-order valence-corrected chi connectivity index (χ4v) is 8.31. The Hall–Kier alpha value is -2.37. The minimum absolute atomic E-state index is 0.0511. The summed E-state index contributed by atoms with van der Waals surface area (Å²) in [4.78, 5) is 24.5. The highest BCUT2D eigenvalue weighted by Crippen LogP contribution is 2.35. The van der Waals surface area contributed by atoms with Gasteiger partial charge in [-0.25, -0.2) is 13.4 Å². The Morgan fingerprint density at radius 3 is 2.71 bits per heavy atom. The van der Waals surface area contributed by atoms with Gasteiger partial charge in [-0.05, 0) is 60.5 Å². The summed E-state index contributed by atoms with van der Waals surface area (Å²) in [6, 6.07) is 10.9. The van der Waals surface area contributed by atoms with Crippen LogP contribution in [0, 0.1) is 12.8 Å². The Kier molecular flexibility index (Phi) is 6.91. The molecule has 3 aromatic heterocycles. The molecule has 1 saturated heterocycles. The zero-order chi connectivity index (χ0) is 24.6. The smallest absolute Gasteiger partial charge is 0.252 e. The number of hydrogen-bond donors (Lipinski definition) is 0. The molecule has 1 amide bonds. The predicted molar refractivity (Wildman–Crippen MR) is 141 cm³/mol. The van der Waals surface area contributed by atoms with Crippen LogP contribution in [0.5, 0.6) is 0 Å². The summed E-state index contributed by atoms with van der Waals surface area (Å²) in [7, 11) is -3.52. The van der Waals surface area contributed by atoms with E-state index in [-0.39, 0.29) is 11.8 Å². The number of piperidine rings is 1. The number of pyridine rings is 1. The molecule has 4 aromatic rings. The Labute approximate surface area is 217 Å². The van der Waals surface area contributed by atoms with Crippen LogP contribution in [-0.4, -0.2) is 41.7 Å². The Balaban J connectivity index is 1.40. The van der Waals surface area contributed by atoms with Crippen LogP contribution in [0.2, 0.25) is 5.02 Å². The van der Waals surface area contributed by atoms with Gasteiger partial charge in [0.1, 0.15) is 4.21 Å². The number of thiazole rings is 1. The topological polar surface area (TPSA) is 83.5 Å². The van der Waals surface area contributed by atoms with Crippen LogP contribution in [-0.2, 0) is 21.4 Å². The maximum atomic E-state index is 13.8. The molecule has 1 aliphatic heterocycles. The quantitative estimate of drug-likeness (QED) is 0.325. The van der Waals surface area contributed by atoms with Gasteiger partial charge in [-0.3, -0.25) is 14.7 Å². The number of amides is 1. The van der Waals surface area contributed by atoms with Crippen molar-refractivity contribution >= 4 is 65.6 Å². The van der Waals surface area contributed by atoms with Gasteiger partial charge < -0.3 is 0 Å². The first-order valence-corrected chi connectivity index (χ1v) is 14.6. The number of anilines is 1. The summed E-state index contributed by atoms with van der Waals surface area (Å²) >= 11 is 8.89. The first-order valence-electron chi connectivity index (χ1n) is 11.1. The number of sulfonamides is 1. The molecule has 0 spiro atoms. The van der Waals surface area contributed by atoms with Crippen LogP contribution in [0.25, 0.3) is 10.2 Å². The van der Waals surface area contributed by atoms with Crippen LogP contribution in [0.15, 0.2) is 58.4 Å². The minimum atomic E-state index is -3.52. The monoisotopic (exact) mass is 546 g/mol. The number of carbonyl (C=O) groups is 1. The van der Waals surface area contributed by atoms with Crippen LogP contribution in [0.4, 0.5) is 5.13 Å². The molecular formula is C24H23ClN4O3S3. The van der Waals surface area contributed by atoms with E-state index in [0.29, 0.717) is 46.8 Å². The molecule has 0 N–H and O–H groups in total. The number of thiophene rings is 1. The van der Waals surface area contributed by atoms with Gasteiger partial charge in [-0.2, -0.15) is 4.31 Å². The Morgan fingerprint density at radius 1 is 1.23 bits per heavy atom. The lowest BCUT2D eigenvalue weighted by atomic mass is 9.96. The molecule has 0 bridgehead atoms. The number of benzene rings is 1. The zero-order valence-electron chi connectivity index (χ0n) is 18.9. The fraction of sp³-hybridized carbons (Fsp3) is 0.292. The largest absolute Gasteiger partial charge is 0.283 e. The van der Waals surface area contributed by atoms with Gasteiger partial charge in [-0.15, -0.1) is 11.3 Å². The fourth-order valence-electron chi connectivity index (χ4n) is 4.27. The summed E-state index contributed by atoms with van der Waals surface area (Å²) in [5.41, 5.74) is 2.68. The van der Waals surface area contributed by atoms with E-state index in [2.05, 4.69) is 4.98 Å². The molecule has 0 atom stereocenters. The molecule has 0 radical (unpaired) electrons.